The Labute approximate surface area is 187 Å². The Kier molecular flexibility index (Phi) is 6.97. The Balaban J connectivity index is 0.000000360. The highest BCUT2D eigenvalue weighted by atomic mass is 32.2. The van der Waals surface area contributed by atoms with Gasteiger partial charge in [-0.1, -0.05) is 6.07 Å². The summed E-state index contributed by atoms with van der Waals surface area (Å²) in [5.41, 5.74) is 2.51. The zero-order valence-corrected chi connectivity index (χ0v) is 18.2. The molecular formula is C21H22F3N3O4S. The summed E-state index contributed by atoms with van der Waals surface area (Å²) in [4.78, 5) is 32.1. The largest absolute Gasteiger partial charge is 0.490 e. The minimum absolute atomic E-state index is 0.105. The third-order valence-electron chi connectivity index (χ3n) is 4.92. The lowest BCUT2D eigenvalue weighted by molar-refractivity contribution is -0.192. The maximum Gasteiger partial charge on any atom is 0.490 e. The van der Waals surface area contributed by atoms with Gasteiger partial charge in [0.2, 0.25) is 5.88 Å². The van der Waals surface area contributed by atoms with Crippen molar-refractivity contribution in [3.8, 4) is 5.88 Å². The summed E-state index contributed by atoms with van der Waals surface area (Å²) in [6.45, 7) is 5.43. The number of halogens is 3. The average Bonchev–Trinajstić information content (AvgIpc) is 3.10. The van der Waals surface area contributed by atoms with Gasteiger partial charge in [-0.15, -0.1) is 11.8 Å². The summed E-state index contributed by atoms with van der Waals surface area (Å²) in [6.07, 6.45) is -2.20. The Hall–Kier alpha value is -2.82. The fourth-order valence-electron chi connectivity index (χ4n) is 3.62. The fourth-order valence-corrected chi connectivity index (χ4v) is 5.14. The van der Waals surface area contributed by atoms with Gasteiger partial charge >= 0.3 is 12.1 Å². The lowest BCUT2D eigenvalue weighted by Gasteiger charge is -2.47. The van der Waals surface area contributed by atoms with Crippen LogP contribution in [0.2, 0.25) is 0 Å². The molecule has 1 unspecified atom stereocenters. The number of likely N-dealkylation sites (tertiary alicyclic amines) is 1. The topological polar surface area (TPSA) is 92.6 Å². The SMILES string of the molecule is Cc1cc(C(=O)N2CC3(CC(Oc4ccccn4)CS3)C2)cc(C)n1.O=C(O)C(F)(F)F. The van der Waals surface area contributed by atoms with Gasteiger partial charge in [-0.2, -0.15) is 13.2 Å². The van der Waals surface area contributed by atoms with Gasteiger partial charge in [0.05, 0.1) is 4.75 Å². The first-order valence-electron chi connectivity index (χ1n) is 9.74. The zero-order valence-electron chi connectivity index (χ0n) is 17.4. The van der Waals surface area contributed by atoms with Crippen molar-refractivity contribution >= 4 is 23.6 Å². The third kappa shape index (κ3) is 5.90. The number of aryl methyl sites for hydroxylation is 2. The highest BCUT2D eigenvalue weighted by molar-refractivity contribution is 8.01. The molecular weight excluding hydrogens is 447 g/mol. The molecule has 1 atom stereocenters. The van der Waals surface area contributed by atoms with Gasteiger partial charge in [0, 0.05) is 54.5 Å². The second-order valence-corrected chi connectivity index (χ2v) is 9.20. The third-order valence-corrected chi connectivity index (χ3v) is 6.49. The first-order valence-corrected chi connectivity index (χ1v) is 10.7. The van der Waals surface area contributed by atoms with Crippen LogP contribution < -0.4 is 4.74 Å². The first-order chi connectivity index (χ1) is 15.0. The summed E-state index contributed by atoms with van der Waals surface area (Å²) in [5.74, 6) is -1.02. The smallest absolute Gasteiger partial charge is 0.475 e. The lowest BCUT2D eigenvalue weighted by atomic mass is 9.92. The standard InChI is InChI=1S/C19H21N3O2S.C2HF3O2/c1-13-7-15(8-14(2)21-13)18(23)22-11-19(12-22)9-16(10-25-19)24-17-5-3-4-6-20-17;3-2(4,5)1(6)7/h3-8,16H,9-12H2,1-2H3;(H,6,7). The van der Waals surface area contributed by atoms with Crippen LogP contribution in [0.25, 0.3) is 0 Å². The molecule has 1 spiro atoms. The number of carboxylic acids is 1. The number of ether oxygens (including phenoxy) is 1. The zero-order chi connectivity index (χ0) is 23.5. The molecule has 4 heterocycles. The van der Waals surface area contributed by atoms with E-state index in [2.05, 4.69) is 9.97 Å². The van der Waals surface area contributed by atoms with E-state index in [1.54, 1.807) is 6.20 Å². The molecule has 2 aliphatic rings. The van der Waals surface area contributed by atoms with Crippen LogP contribution in [0.3, 0.4) is 0 Å². The summed E-state index contributed by atoms with van der Waals surface area (Å²) < 4.78 is 37.9. The van der Waals surface area contributed by atoms with Crippen LogP contribution in [0.4, 0.5) is 13.2 Å². The number of carbonyl (C=O) groups is 2. The van der Waals surface area contributed by atoms with Crippen LogP contribution in [0.5, 0.6) is 5.88 Å². The van der Waals surface area contributed by atoms with Crippen molar-refractivity contribution in [1.82, 2.24) is 14.9 Å². The second-order valence-electron chi connectivity index (χ2n) is 7.71. The van der Waals surface area contributed by atoms with Crippen molar-refractivity contribution in [3.63, 3.8) is 0 Å². The molecule has 32 heavy (non-hydrogen) atoms. The molecule has 2 aliphatic heterocycles. The monoisotopic (exact) mass is 469 g/mol. The number of alkyl halides is 3. The van der Waals surface area contributed by atoms with E-state index in [1.807, 2.05) is 60.8 Å². The molecule has 2 saturated heterocycles. The molecule has 4 rings (SSSR count). The van der Waals surface area contributed by atoms with Crippen molar-refractivity contribution in [1.29, 1.82) is 0 Å². The number of nitrogens with zero attached hydrogens (tertiary/aromatic N) is 3. The van der Waals surface area contributed by atoms with Crippen LogP contribution in [-0.2, 0) is 4.79 Å². The summed E-state index contributed by atoms with van der Waals surface area (Å²) >= 11 is 1.92. The van der Waals surface area contributed by atoms with Crippen LogP contribution >= 0.6 is 11.8 Å². The van der Waals surface area contributed by atoms with Gasteiger partial charge in [0.15, 0.2) is 0 Å². The highest BCUT2D eigenvalue weighted by Gasteiger charge is 2.51. The van der Waals surface area contributed by atoms with Crippen LogP contribution in [-0.4, -0.2) is 67.7 Å². The Morgan fingerprint density at radius 2 is 1.84 bits per heavy atom. The highest BCUT2D eigenvalue weighted by Crippen LogP contribution is 2.46. The van der Waals surface area contributed by atoms with Crippen molar-refractivity contribution in [2.45, 2.75) is 37.3 Å². The number of rotatable bonds is 3. The van der Waals surface area contributed by atoms with Crippen LogP contribution in [0.1, 0.15) is 28.2 Å². The number of thioether (sulfide) groups is 1. The number of amides is 1. The van der Waals surface area contributed by atoms with Crippen molar-refractivity contribution in [2.24, 2.45) is 0 Å². The van der Waals surface area contributed by atoms with Gasteiger partial charge < -0.3 is 14.7 Å². The maximum absolute atomic E-state index is 12.7. The predicted octanol–water partition coefficient (Wildman–Crippen LogP) is 3.51. The summed E-state index contributed by atoms with van der Waals surface area (Å²) in [6, 6.07) is 9.45. The number of aromatic nitrogens is 2. The molecule has 0 aliphatic carbocycles. The van der Waals surface area contributed by atoms with E-state index in [1.165, 1.54) is 0 Å². The molecule has 11 heteroatoms. The number of hydrogen-bond acceptors (Lipinski definition) is 6. The quantitative estimate of drug-likeness (QED) is 0.736. The molecule has 1 N–H and O–H groups in total. The second kappa shape index (κ2) is 9.35. The van der Waals surface area contributed by atoms with E-state index < -0.39 is 12.1 Å². The Morgan fingerprint density at radius 3 is 2.38 bits per heavy atom. The lowest BCUT2D eigenvalue weighted by Crippen LogP contribution is -2.60. The number of carboxylic acid groups (broad SMARTS) is 1. The van der Waals surface area contributed by atoms with E-state index in [9.17, 15) is 18.0 Å². The maximum atomic E-state index is 12.7. The van der Waals surface area contributed by atoms with Gasteiger partial charge in [0.1, 0.15) is 6.10 Å². The fraction of sp³-hybridized carbons (Fsp3) is 0.429. The number of carbonyl (C=O) groups excluding carboxylic acids is 1. The Morgan fingerprint density at radius 1 is 1.22 bits per heavy atom. The molecule has 2 aromatic heterocycles. The normalized spacial score (nSPS) is 19.0. The average molecular weight is 469 g/mol. The number of hydrogen-bond donors (Lipinski definition) is 1. The van der Waals surface area contributed by atoms with E-state index in [0.29, 0.717) is 5.88 Å². The summed E-state index contributed by atoms with van der Waals surface area (Å²) in [7, 11) is 0. The number of pyridine rings is 2. The van der Waals surface area contributed by atoms with Crippen molar-refractivity contribution in [2.75, 3.05) is 18.8 Å². The molecule has 1 amide bonds. The van der Waals surface area contributed by atoms with Gasteiger partial charge in [-0.25, -0.2) is 9.78 Å². The van der Waals surface area contributed by atoms with Crippen LogP contribution in [0, 0.1) is 13.8 Å². The molecule has 2 aromatic rings. The number of aliphatic carboxylic acids is 1. The van der Waals surface area contributed by atoms with Crippen molar-refractivity contribution in [3.05, 3.63) is 53.5 Å². The molecule has 2 fully saturated rings. The molecule has 0 radical (unpaired) electrons. The molecule has 172 valence electrons. The Bertz CT molecular complexity index is 962. The summed E-state index contributed by atoms with van der Waals surface area (Å²) in [5, 5.41) is 7.12. The predicted molar refractivity (Wildman–Crippen MR) is 112 cm³/mol. The molecule has 0 saturated carbocycles. The minimum Gasteiger partial charge on any atom is -0.475 e. The van der Waals surface area contributed by atoms with E-state index in [4.69, 9.17) is 14.6 Å². The van der Waals surface area contributed by atoms with Crippen molar-refractivity contribution < 1.29 is 32.6 Å². The minimum atomic E-state index is -5.08. The van der Waals surface area contributed by atoms with E-state index in [0.717, 1.165) is 42.2 Å². The molecule has 0 bridgehead atoms. The molecule has 7 nitrogen and oxygen atoms in total. The first kappa shape index (κ1) is 23.8. The molecule has 0 aromatic carbocycles. The van der Waals surface area contributed by atoms with Gasteiger partial charge in [0.25, 0.3) is 5.91 Å². The van der Waals surface area contributed by atoms with E-state index >= 15 is 0 Å². The van der Waals surface area contributed by atoms with Crippen LogP contribution in [0.15, 0.2) is 36.5 Å². The van der Waals surface area contributed by atoms with Gasteiger partial charge in [-0.3, -0.25) is 9.78 Å². The van der Waals surface area contributed by atoms with E-state index in [-0.39, 0.29) is 16.8 Å². The van der Waals surface area contributed by atoms with Gasteiger partial charge in [-0.05, 0) is 32.0 Å².